The summed E-state index contributed by atoms with van der Waals surface area (Å²) >= 11 is 0. The summed E-state index contributed by atoms with van der Waals surface area (Å²) in [6.45, 7) is 1.85. The molecule has 0 unspecified atom stereocenters. The number of carbonyl (C=O) groups excluding carboxylic acids is 2. The molecule has 0 heterocycles. The Morgan fingerprint density at radius 3 is 2.40 bits per heavy atom. The van der Waals surface area contributed by atoms with Crippen molar-refractivity contribution in [1.29, 1.82) is 0 Å². The zero-order chi connectivity index (χ0) is 21.5. The van der Waals surface area contributed by atoms with Crippen molar-refractivity contribution in [2.24, 2.45) is 5.10 Å². The molecule has 2 amide bonds. The predicted octanol–water partition coefficient (Wildman–Crippen LogP) is 3.92. The number of nitro benzene ring substituents is 1. The van der Waals surface area contributed by atoms with Crippen LogP contribution in [0.5, 0.6) is 0 Å². The molecule has 0 spiro atoms. The average molecular weight is 402 g/mol. The number of nitrogens with one attached hydrogen (secondary N) is 2. The van der Waals surface area contributed by atoms with Gasteiger partial charge in [0.15, 0.2) is 0 Å². The molecule has 0 fully saturated rings. The van der Waals surface area contributed by atoms with Crippen molar-refractivity contribution in [3.05, 3.63) is 105 Å². The molecule has 0 saturated carbocycles. The molecule has 8 nitrogen and oxygen atoms in total. The van der Waals surface area contributed by atoms with Crippen molar-refractivity contribution < 1.29 is 14.5 Å². The van der Waals surface area contributed by atoms with Crippen LogP contribution in [0.1, 0.15) is 31.8 Å². The first kappa shape index (κ1) is 20.4. The van der Waals surface area contributed by atoms with Crippen molar-refractivity contribution in [2.75, 3.05) is 5.32 Å². The Labute approximate surface area is 172 Å². The van der Waals surface area contributed by atoms with Crippen LogP contribution >= 0.6 is 0 Å². The fourth-order valence-electron chi connectivity index (χ4n) is 2.68. The molecule has 0 saturated heterocycles. The fourth-order valence-corrected chi connectivity index (χ4v) is 2.68. The molecule has 0 aliphatic carbocycles. The maximum absolute atomic E-state index is 12.4. The van der Waals surface area contributed by atoms with Gasteiger partial charge in [-0.25, -0.2) is 5.43 Å². The predicted molar refractivity (Wildman–Crippen MR) is 114 cm³/mol. The van der Waals surface area contributed by atoms with Crippen LogP contribution in [-0.4, -0.2) is 23.0 Å². The van der Waals surface area contributed by atoms with Gasteiger partial charge in [-0.05, 0) is 54.4 Å². The normalized spacial score (nSPS) is 10.6. The first-order chi connectivity index (χ1) is 14.4. The van der Waals surface area contributed by atoms with Crippen LogP contribution in [0.25, 0.3) is 0 Å². The Morgan fingerprint density at radius 2 is 1.70 bits per heavy atom. The van der Waals surface area contributed by atoms with Crippen LogP contribution in [0.3, 0.4) is 0 Å². The number of nitrogens with zero attached hydrogens (tertiary/aromatic N) is 2. The second kappa shape index (κ2) is 9.24. The molecular formula is C22H18N4O4. The zero-order valence-electron chi connectivity index (χ0n) is 16.0. The number of hydrogen-bond donors (Lipinski definition) is 2. The summed E-state index contributed by atoms with van der Waals surface area (Å²) in [7, 11) is 0. The second-order valence-corrected chi connectivity index (χ2v) is 6.40. The van der Waals surface area contributed by atoms with E-state index < -0.39 is 10.8 Å². The summed E-state index contributed by atoms with van der Waals surface area (Å²) in [5, 5.41) is 17.3. The topological polar surface area (TPSA) is 114 Å². The third-order valence-corrected chi connectivity index (χ3v) is 4.26. The molecule has 0 aliphatic rings. The van der Waals surface area contributed by atoms with Gasteiger partial charge < -0.3 is 5.32 Å². The number of nitro groups is 1. The van der Waals surface area contributed by atoms with E-state index in [1.165, 1.54) is 30.5 Å². The lowest BCUT2D eigenvalue weighted by Crippen LogP contribution is -2.18. The minimum Gasteiger partial charge on any atom is -0.322 e. The van der Waals surface area contributed by atoms with E-state index in [-0.39, 0.29) is 11.6 Å². The molecule has 0 bridgehead atoms. The van der Waals surface area contributed by atoms with Crippen LogP contribution in [0, 0.1) is 17.0 Å². The van der Waals surface area contributed by atoms with Gasteiger partial charge in [-0.15, -0.1) is 0 Å². The number of hydrogen-bond acceptors (Lipinski definition) is 5. The Kier molecular flexibility index (Phi) is 6.29. The van der Waals surface area contributed by atoms with E-state index in [4.69, 9.17) is 0 Å². The van der Waals surface area contributed by atoms with Gasteiger partial charge in [-0.3, -0.25) is 19.7 Å². The standard InChI is InChI=1S/C22H18N4O4/c1-15-5-2-3-8-20(15)22(28)24-18-7-4-6-17(13-18)21(27)25-23-14-16-9-11-19(12-10-16)26(29)30/h2-14H,1H3,(H,24,28)(H,25,27)/b23-14+. The highest BCUT2D eigenvalue weighted by atomic mass is 16.6. The number of rotatable bonds is 6. The molecule has 0 aliphatic heterocycles. The van der Waals surface area contributed by atoms with Crippen molar-refractivity contribution in [3.63, 3.8) is 0 Å². The number of hydrazone groups is 1. The van der Waals surface area contributed by atoms with Crippen molar-refractivity contribution in [1.82, 2.24) is 5.43 Å². The smallest absolute Gasteiger partial charge is 0.271 e. The summed E-state index contributed by atoms with van der Waals surface area (Å²) in [6.07, 6.45) is 1.38. The maximum Gasteiger partial charge on any atom is 0.271 e. The van der Waals surface area contributed by atoms with Crippen molar-refractivity contribution in [2.45, 2.75) is 6.92 Å². The molecular weight excluding hydrogens is 384 g/mol. The lowest BCUT2D eigenvalue weighted by atomic mass is 10.1. The summed E-state index contributed by atoms with van der Waals surface area (Å²) < 4.78 is 0. The van der Waals surface area contributed by atoms with Crippen LogP contribution in [0.2, 0.25) is 0 Å². The first-order valence-electron chi connectivity index (χ1n) is 8.99. The summed E-state index contributed by atoms with van der Waals surface area (Å²) in [5.74, 6) is -0.720. The summed E-state index contributed by atoms with van der Waals surface area (Å²) in [6, 6.07) is 19.5. The van der Waals surface area contributed by atoms with Gasteiger partial charge in [0.1, 0.15) is 0 Å². The highest BCUT2D eigenvalue weighted by molar-refractivity contribution is 6.06. The van der Waals surface area contributed by atoms with Gasteiger partial charge in [0.2, 0.25) is 0 Å². The fraction of sp³-hybridized carbons (Fsp3) is 0.0455. The van der Waals surface area contributed by atoms with Crippen molar-refractivity contribution >= 4 is 29.4 Å². The molecule has 8 heteroatoms. The quantitative estimate of drug-likeness (QED) is 0.369. The zero-order valence-corrected chi connectivity index (χ0v) is 16.0. The molecule has 0 aromatic heterocycles. The Balaban J connectivity index is 1.63. The Hall–Kier alpha value is -4.33. The first-order valence-corrected chi connectivity index (χ1v) is 8.99. The molecule has 30 heavy (non-hydrogen) atoms. The largest absolute Gasteiger partial charge is 0.322 e. The number of non-ortho nitro benzene ring substituents is 1. The van der Waals surface area contributed by atoms with Crippen LogP contribution < -0.4 is 10.7 Å². The highest BCUT2D eigenvalue weighted by Gasteiger charge is 2.10. The third-order valence-electron chi connectivity index (χ3n) is 4.26. The van der Waals surface area contributed by atoms with E-state index in [9.17, 15) is 19.7 Å². The summed E-state index contributed by atoms with van der Waals surface area (Å²) in [5.41, 5.74) is 5.17. The van der Waals surface area contributed by atoms with Gasteiger partial charge in [0.25, 0.3) is 17.5 Å². The maximum atomic E-state index is 12.4. The van der Waals surface area contributed by atoms with Gasteiger partial charge in [0, 0.05) is 28.9 Å². The van der Waals surface area contributed by atoms with Gasteiger partial charge >= 0.3 is 0 Å². The van der Waals surface area contributed by atoms with E-state index in [0.29, 0.717) is 22.4 Å². The van der Waals surface area contributed by atoms with Gasteiger partial charge in [0.05, 0.1) is 11.1 Å². The molecule has 2 N–H and O–H groups in total. The molecule has 3 aromatic carbocycles. The molecule has 0 atom stereocenters. The monoisotopic (exact) mass is 402 g/mol. The molecule has 150 valence electrons. The highest BCUT2D eigenvalue weighted by Crippen LogP contribution is 2.14. The SMILES string of the molecule is Cc1ccccc1C(=O)Nc1cccc(C(=O)N/N=C/c2ccc([N+](=O)[O-])cc2)c1. The number of anilines is 1. The minimum atomic E-state index is -0.492. The lowest BCUT2D eigenvalue weighted by molar-refractivity contribution is -0.384. The average Bonchev–Trinajstić information content (AvgIpc) is 2.74. The number of aryl methyl sites for hydroxylation is 1. The van der Waals surface area contributed by atoms with Crippen LogP contribution in [0.4, 0.5) is 11.4 Å². The Morgan fingerprint density at radius 1 is 0.967 bits per heavy atom. The summed E-state index contributed by atoms with van der Waals surface area (Å²) in [4.78, 5) is 34.9. The van der Waals surface area contributed by atoms with Crippen LogP contribution in [0.15, 0.2) is 77.9 Å². The minimum absolute atomic E-state index is 0.0271. The van der Waals surface area contributed by atoms with Gasteiger partial charge in [-0.1, -0.05) is 24.3 Å². The number of benzene rings is 3. The van der Waals surface area contributed by atoms with E-state index in [1.807, 2.05) is 19.1 Å². The lowest BCUT2D eigenvalue weighted by Gasteiger charge is -2.08. The Bertz CT molecular complexity index is 1120. The van der Waals surface area contributed by atoms with Gasteiger partial charge in [-0.2, -0.15) is 5.10 Å². The molecule has 0 radical (unpaired) electrons. The molecule has 3 aromatic rings. The van der Waals surface area contributed by atoms with E-state index >= 15 is 0 Å². The second-order valence-electron chi connectivity index (χ2n) is 6.40. The van der Waals surface area contributed by atoms with E-state index in [0.717, 1.165) is 5.56 Å². The van der Waals surface area contributed by atoms with Crippen molar-refractivity contribution in [3.8, 4) is 0 Å². The van der Waals surface area contributed by atoms with E-state index in [2.05, 4.69) is 15.8 Å². The third kappa shape index (κ3) is 5.14. The molecule has 3 rings (SSSR count). The van der Waals surface area contributed by atoms with E-state index in [1.54, 1.807) is 36.4 Å². The number of amides is 2. The van der Waals surface area contributed by atoms with Crippen LogP contribution in [-0.2, 0) is 0 Å². The number of carbonyl (C=O) groups is 2.